The number of rotatable bonds is 18. The number of benzene rings is 1. The second kappa shape index (κ2) is 17.2. The van der Waals surface area contributed by atoms with Crippen LogP contribution in [0.1, 0.15) is 134 Å². The topological polar surface area (TPSA) is 37.4 Å². The van der Waals surface area contributed by atoms with Crippen LogP contribution < -0.4 is 0 Å². The normalized spacial score (nSPS) is 17.5. The lowest BCUT2D eigenvalue weighted by atomic mass is 9.91. The van der Waals surface area contributed by atoms with Gasteiger partial charge in [0.25, 0.3) is 0 Å². The van der Waals surface area contributed by atoms with Gasteiger partial charge in [-0.25, -0.2) is 4.31 Å². The Kier molecular flexibility index (Phi) is 14.6. The highest BCUT2D eigenvalue weighted by molar-refractivity contribution is 7.98. The molecule has 2 rings (SSSR count). The van der Waals surface area contributed by atoms with E-state index in [1.165, 1.54) is 93.3 Å². The number of piperidine rings is 1. The average molecular weight is 474 g/mol. The standard InChI is InChI=1S/C29H47NO2S/c1-3-5-6-7-8-9-10-11-12-13-14-18-22-26(19-4-2)33-30-28(31)24-23-27(29(30)32)25-20-16-15-17-21-25/h15-17,20-21,26-27H,3-14,18-19,22-24H2,1-2H3. The van der Waals surface area contributed by atoms with Gasteiger partial charge in [0.05, 0.1) is 5.92 Å². The number of carbonyl (C=O) groups excluding carboxylic acids is 2. The van der Waals surface area contributed by atoms with Crippen molar-refractivity contribution in [1.29, 1.82) is 0 Å². The molecule has 1 heterocycles. The van der Waals surface area contributed by atoms with Gasteiger partial charge in [-0.1, -0.05) is 128 Å². The van der Waals surface area contributed by atoms with E-state index in [0.717, 1.165) is 24.8 Å². The van der Waals surface area contributed by atoms with Crippen LogP contribution in [0.4, 0.5) is 0 Å². The molecule has 0 spiro atoms. The summed E-state index contributed by atoms with van der Waals surface area (Å²) in [5.41, 5.74) is 1.04. The third-order valence-electron chi connectivity index (χ3n) is 6.82. The number of carbonyl (C=O) groups is 2. The Balaban J connectivity index is 1.66. The number of hydrogen-bond donors (Lipinski definition) is 0. The first-order valence-corrected chi connectivity index (χ1v) is 14.6. The Labute approximate surface area is 207 Å². The van der Waals surface area contributed by atoms with Gasteiger partial charge in [-0.15, -0.1) is 0 Å². The van der Waals surface area contributed by atoms with Gasteiger partial charge >= 0.3 is 0 Å². The second-order valence-electron chi connectivity index (χ2n) is 9.72. The smallest absolute Gasteiger partial charge is 0.246 e. The molecule has 2 amide bonds. The van der Waals surface area contributed by atoms with Crippen molar-refractivity contribution in [2.45, 2.75) is 134 Å². The molecule has 0 saturated carbocycles. The van der Waals surface area contributed by atoms with Crippen LogP contribution >= 0.6 is 11.9 Å². The van der Waals surface area contributed by atoms with Crippen molar-refractivity contribution in [3.63, 3.8) is 0 Å². The Morgan fingerprint density at radius 2 is 1.36 bits per heavy atom. The van der Waals surface area contributed by atoms with Crippen LogP contribution in [0, 0.1) is 0 Å². The molecule has 0 bridgehead atoms. The third-order valence-corrected chi connectivity index (χ3v) is 8.18. The molecule has 1 aliphatic rings. The predicted octanol–water partition coefficient (Wildman–Crippen LogP) is 8.83. The van der Waals surface area contributed by atoms with Crippen molar-refractivity contribution in [3.8, 4) is 0 Å². The monoisotopic (exact) mass is 473 g/mol. The van der Waals surface area contributed by atoms with Crippen molar-refractivity contribution in [2.75, 3.05) is 0 Å². The maximum Gasteiger partial charge on any atom is 0.246 e. The summed E-state index contributed by atoms with van der Waals surface area (Å²) >= 11 is 1.52. The summed E-state index contributed by atoms with van der Waals surface area (Å²) in [5, 5.41) is 0.362. The second-order valence-corrected chi connectivity index (χ2v) is 11.0. The molecule has 1 saturated heterocycles. The van der Waals surface area contributed by atoms with E-state index in [-0.39, 0.29) is 17.7 Å². The van der Waals surface area contributed by atoms with Crippen molar-refractivity contribution < 1.29 is 9.59 Å². The summed E-state index contributed by atoms with van der Waals surface area (Å²) < 4.78 is 1.52. The lowest BCUT2D eigenvalue weighted by molar-refractivity contribution is -0.142. The van der Waals surface area contributed by atoms with E-state index >= 15 is 0 Å². The lowest BCUT2D eigenvalue weighted by Gasteiger charge is -2.32. The average Bonchev–Trinajstić information content (AvgIpc) is 2.83. The number of imide groups is 1. The van der Waals surface area contributed by atoms with Gasteiger partial charge < -0.3 is 0 Å². The molecule has 0 radical (unpaired) electrons. The summed E-state index contributed by atoms with van der Waals surface area (Å²) in [6.07, 6.45) is 20.6. The van der Waals surface area contributed by atoms with E-state index in [1.807, 2.05) is 30.3 Å². The van der Waals surface area contributed by atoms with Crippen LogP contribution in [-0.2, 0) is 9.59 Å². The highest BCUT2D eigenvalue weighted by atomic mass is 32.2. The molecule has 2 atom stereocenters. The van der Waals surface area contributed by atoms with Gasteiger partial charge in [-0.2, -0.15) is 0 Å². The molecule has 2 unspecified atom stereocenters. The summed E-state index contributed by atoms with van der Waals surface area (Å²) in [7, 11) is 0. The van der Waals surface area contributed by atoms with E-state index in [2.05, 4.69) is 13.8 Å². The first-order valence-electron chi connectivity index (χ1n) is 13.8. The van der Waals surface area contributed by atoms with Crippen molar-refractivity contribution >= 4 is 23.8 Å². The molecule has 4 heteroatoms. The fraction of sp³-hybridized carbons (Fsp3) is 0.724. The quantitative estimate of drug-likeness (QED) is 0.121. The minimum absolute atomic E-state index is 0.00650. The minimum Gasteiger partial charge on any atom is -0.273 e. The Hall–Kier alpha value is -1.29. The van der Waals surface area contributed by atoms with Gasteiger partial charge in [-0.3, -0.25) is 9.59 Å². The van der Waals surface area contributed by atoms with Crippen LogP contribution in [0.15, 0.2) is 30.3 Å². The Morgan fingerprint density at radius 1 is 0.788 bits per heavy atom. The van der Waals surface area contributed by atoms with E-state index in [1.54, 1.807) is 0 Å². The molecule has 3 nitrogen and oxygen atoms in total. The van der Waals surface area contributed by atoms with E-state index < -0.39 is 0 Å². The highest BCUT2D eigenvalue weighted by Crippen LogP contribution is 2.36. The molecular weight excluding hydrogens is 426 g/mol. The fourth-order valence-electron chi connectivity index (χ4n) is 4.80. The van der Waals surface area contributed by atoms with Crippen LogP contribution in [0.2, 0.25) is 0 Å². The molecular formula is C29H47NO2S. The van der Waals surface area contributed by atoms with Crippen LogP contribution in [-0.4, -0.2) is 21.4 Å². The summed E-state index contributed by atoms with van der Waals surface area (Å²) in [6, 6.07) is 9.95. The summed E-state index contributed by atoms with van der Waals surface area (Å²) in [4.78, 5) is 25.7. The SMILES string of the molecule is CCCCCCCCCCCCCCC(CCC)SN1C(=O)CCC(c2ccccc2)C1=O. The maximum atomic E-state index is 13.1. The molecule has 0 N–H and O–H groups in total. The molecule has 1 aromatic carbocycles. The molecule has 1 fully saturated rings. The number of unbranched alkanes of at least 4 members (excludes halogenated alkanes) is 11. The van der Waals surface area contributed by atoms with E-state index in [9.17, 15) is 9.59 Å². The zero-order valence-corrected chi connectivity index (χ0v) is 22.1. The first-order chi connectivity index (χ1) is 16.2. The highest BCUT2D eigenvalue weighted by Gasteiger charge is 2.36. The van der Waals surface area contributed by atoms with Gasteiger partial charge in [0.15, 0.2) is 0 Å². The van der Waals surface area contributed by atoms with Gasteiger partial charge in [0.1, 0.15) is 0 Å². The number of amides is 2. The van der Waals surface area contributed by atoms with Crippen LogP contribution in [0.5, 0.6) is 0 Å². The minimum atomic E-state index is -0.176. The molecule has 0 aromatic heterocycles. The van der Waals surface area contributed by atoms with Crippen molar-refractivity contribution in [1.82, 2.24) is 4.31 Å². The lowest BCUT2D eigenvalue weighted by Crippen LogP contribution is -2.40. The number of hydrogen-bond acceptors (Lipinski definition) is 3. The molecule has 0 aliphatic carbocycles. The molecule has 1 aromatic rings. The van der Waals surface area contributed by atoms with Crippen LogP contribution in [0.3, 0.4) is 0 Å². The van der Waals surface area contributed by atoms with Crippen molar-refractivity contribution in [3.05, 3.63) is 35.9 Å². The third kappa shape index (κ3) is 10.7. The predicted molar refractivity (Wildman–Crippen MR) is 142 cm³/mol. The zero-order chi connectivity index (χ0) is 23.7. The van der Waals surface area contributed by atoms with Gasteiger partial charge in [0.2, 0.25) is 11.8 Å². The summed E-state index contributed by atoms with van der Waals surface area (Å²) in [6.45, 7) is 4.47. The van der Waals surface area contributed by atoms with Crippen LogP contribution in [0.25, 0.3) is 0 Å². The Morgan fingerprint density at radius 3 is 1.94 bits per heavy atom. The van der Waals surface area contributed by atoms with Gasteiger partial charge in [0, 0.05) is 11.7 Å². The fourth-order valence-corrected chi connectivity index (χ4v) is 6.15. The van der Waals surface area contributed by atoms with E-state index in [4.69, 9.17) is 0 Å². The zero-order valence-electron chi connectivity index (χ0n) is 21.2. The molecule has 1 aliphatic heterocycles. The molecule has 33 heavy (non-hydrogen) atoms. The Bertz CT molecular complexity index is 663. The van der Waals surface area contributed by atoms with E-state index in [0.29, 0.717) is 18.1 Å². The van der Waals surface area contributed by atoms with Gasteiger partial charge in [-0.05, 0) is 36.8 Å². The van der Waals surface area contributed by atoms with Crippen molar-refractivity contribution in [2.24, 2.45) is 0 Å². The largest absolute Gasteiger partial charge is 0.273 e. The maximum absolute atomic E-state index is 13.1. The summed E-state index contributed by atoms with van der Waals surface area (Å²) in [5.74, 6) is -0.198. The number of nitrogens with zero attached hydrogens (tertiary/aromatic N) is 1. The first kappa shape index (κ1) is 28.0. The molecule has 186 valence electrons.